The first-order chi connectivity index (χ1) is 10.8. The van der Waals surface area contributed by atoms with Crippen LogP contribution < -0.4 is 10.6 Å². The van der Waals surface area contributed by atoms with Gasteiger partial charge in [-0.15, -0.1) is 0 Å². The van der Waals surface area contributed by atoms with Gasteiger partial charge in [0, 0.05) is 23.5 Å². The van der Waals surface area contributed by atoms with E-state index in [0.29, 0.717) is 12.1 Å². The molecule has 2 N–H and O–H groups in total. The van der Waals surface area contributed by atoms with Crippen LogP contribution in [0.5, 0.6) is 0 Å². The molecule has 0 spiro atoms. The van der Waals surface area contributed by atoms with E-state index in [4.69, 9.17) is 0 Å². The SMILES string of the molecule is CC=CCc1ccc(NC2CCCC2)cc1NC1CCCC1. The predicted octanol–water partition coefficient (Wildman–Crippen LogP) is 5.51. The number of hydrogen-bond acceptors (Lipinski definition) is 2. The Balaban J connectivity index is 1.73. The summed E-state index contributed by atoms with van der Waals surface area (Å²) in [6.07, 6.45) is 16.2. The Kier molecular flexibility index (Phi) is 5.42. The van der Waals surface area contributed by atoms with Gasteiger partial charge in [-0.25, -0.2) is 0 Å². The maximum atomic E-state index is 3.81. The van der Waals surface area contributed by atoms with Gasteiger partial charge < -0.3 is 10.6 Å². The number of benzene rings is 1. The molecular formula is C20H30N2. The van der Waals surface area contributed by atoms with Crippen LogP contribution in [0.15, 0.2) is 30.4 Å². The highest BCUT2D eigenvalue weighted by Gasteiger charge is 2.17. The van der Waals surface area contributed by atoms with Crippen LogP contribution in [0.3, 0.4) is 0 Å². The summed E-state index contributed by atoms with van der Waals surface area (Å²) >= 11 is 0. The van der Waals surface area contributed by atoms with Crippen LogP contribution in [0, 0.1) is 0 Å². The molecule has 22 heavy (non-hydrogen) atoms. The molecule has 120 valence electrons. The van der Waals surface area contributed by atoms with E-state index < -0.39 is 0 Å². The fourth-order valence-corrected chi connectivity index (χ4v) is 3.82. The van der Waals surface area contributed by atoms with Gasteiger partial charge in [0.05, 0.1) is 0 Å². The van der Waals surface area contributed by atoms with E-state index in [1.807, 2.05) is 0 Å². The van der Waals surface area contributed by atoms with Crippen molar-refractivity contribution in [2.24, 2.45) is 0 Å². The van der Waals surface area contributed by atoms with Crippen molar-refractivity contribution in [3.63, 3.8) is 0 Å². The van der Waals surface area contributed by atoms with E-state index in [0.717, 1.165) is 6.42 Å². The lowest BCUT2D eigenvalue weighted by Crippen LogP contribution is -2.17. The van der Waals surface area contributed by atoms with E-state index in [1.54, 1.807) is 0 Å². The van der Waals surface area contributed by atoms with Crippen molar-refractivity contribution in [1.29, 1.82) is 0 Å². The van der Waals surface area contributed by atoms with Gasteiger partial charge in [-0.2, -0.15) is 0 Å². The quantitative estimate of drug-likeness (QED) is 0.676. The van der Waals surface area contributed by atoms with E-state index in [9.17, 15) is 0 Å². The van der Waals surface area contributed by atoms with Gasteiger partial charge >= 0.3 is 0 Å². The Hall–Kier alpha value is -1.44. The molecule has 2 fully saturated rings. The molecule has 0 bridgehead atoms. The molecule has 3 rings (SSSR count). The molecule has 2 saturated carbocycles. The third-order valence-corrected chi connectivity index (χ3v) is 5.12. The number of hydrogen-bond donors (Lipinski definition) is 2. The van der Waals surface area contributed by atoms with Crippen molar-refractivity contribution in [1.82, 2.24) is 0 Å². The molecule has 2 nitrogen and oxygen atoms in total. The fourth-order valence-electron chi connectivity index (χ4n) is 3.82. The van der Waals surface area contributed by atoms with Crippen molar-refractivity contribution >= 4 is 11.4 Å². The van der Waals surface area contributed by atoms with Gasteiger partial charge in [-0.1, -0.05) is 43.9 Å². The van der Waals surface area contributed by atoms with E-state index in [-0.39, 0.29) is 0 Å². The van der Waals surface area contributed by atoms with Gasteiger partial charge in [-0.05, 0) is 56.7 Å². The van der Waals surface area contributed by atoms with Crippen molar-refractivity contribution in [2.75, 3.05) is 10.6 Å². The zero-order valence-electron chi connectivity index (χ0n) is 13.9. The molecule has 0 saturated heterocycles. The minimum Gasteiger partial charge on any atom is -0.382 e. The lowest BCUT2D eigenvalue weighted by molar-refractivity contribution is 0.750. The molecule has 2 aliphatic carbocycles. The third kappa shape index (κ3) is 4.06. The standard InChI is InChI=1S/C20H30N2/c1-2-3-8-16-13-14-19(21-17-9-4-5-10-17)15-20(16)22-18-11-6-7-12-18/h2-3,13-15,17-18,21-22H,4-12H2,1H3. The summed E-state index contributed by atoms with van der Waals surface area (Å²) in [6, 6.07) is 8.26. The summed E-state index contributed by atoms with van der Waals surface area (Å²) in [4.78, 5) is 0. The number of anilines is 2. The van der Waals surface area contributed by atoms with Gasteiger partial charge in [-0.3, -0.25) is 0 Å². The molecule has 0 aromatic heterocycles. The number of nitrogens with one attached hydrogen (secondary N) is 2. The van der Waals surface area contributed by atoms with E-state index in [2.05, 4.69) is 47.9 Å². The molecule has 2 aliphatic rings. The van der Waals surface area contributed by atoms with Crippen LogP contribution in [-0.2, 0) is 6.42 Å². The second-order valence-electron chi connectivity index (χ2n) is 6.90. The molecule has 0 unspecified atom stereocenters. The lowest BCUT2D eigenvalue weighted by atomic mass is 10.1. The summed E-state index contributed by atoms with van der Waals surface area (Å²) in [5, 5.41) is 7.54. The Morgan fingerprint density at radius 3 is 2.23 bits per heavy atom. The molecule has 0 atom stereocenters. The first-order valence-electron chi connectivity index (χ1n) is 9.12. The van der Waals surface area contributed by atoms with Crippen LogP contribution >= 0.6 is 0 Å². The first kappa shape index (κ1) is 15.5. The predicted molar refractivity (Wildman–Crippen MR) is 96.7 cm³/mol. The van der Waals surface area contributed by atoms with Crippen molar-refractivity contribution in [3.05, 3.63) is 35.9 Å². The lowest BCUT2D eigenvalue weighted by Gasteiger charge is -2.20. The smallest absolute Gasteiger partial charge is 0.0398 e. The highest BCUT2D eigenvalue weighted by Crippen LogP contribution is 2.29. The Labute approximate surface area is 135 Å². The largest absolute Gasteiger partial charge is 0.382 e. The minimum absolute atomic E-state index is 0.672. The summed E-state index contributed by atoms with van der Waals surface area (Å²) in [5.74, 6) is 0. The fraction of sp³-hybridized carbons (Fsp3) is 0.600. The zero-order valence-corrected chi connectivity index (χ0v) is 13.9. The third-order valence-electron chi connectivity index (χ3n) is 5.12. The van der Waals surface area contributed by atoms with Crippen LogP contribution in [-0.4, -0.2) is 12.1 Å². The van der Waals surface area contributed by atoms with E-state index in [1.165, 1.54) is 68.3 Å². The maximum Gasteiger partial charge on any atom is 0.0398 e. The van der Waals surface area contributed by atoms with Crippen molar-refractivity contribution in [3.8, 4) is 0 Å². The van der Waals surface area contributed by atoms with Crippen molar-refractivity contribution in [2.45, 2.75) is 76.8 Å². The summed E-state index contributed by atoms with van der Waals surface area (Å²) < 4.78 is 0. The molecule has 1 aromatic rings. The van der Waals surface area contributed by atoms with Crippen LogP contribution in [0.1, 0.15) is 63.9 Å². The Morgan fingerprint density at radius 2 is 1.59 bits per heavy atom. The normalized spacial score (nSPS) is 20.0. The Morgan fingerprint density at radius 1 is 0.955 bits per heavy atom. The first-order valence-corrected chi connectivity index (χ1v) is 9.12. The van der Waals surface area contributed by atoms with Crippen molar-refractivity contribution < 1.29 is 0 Å². The van der Waals surface area contributed by atoms with Crippen LogP contribution in [0.4, 0.5) is 11.4 Å². The van der Waals surface area contributed by atoms with Gasteiger partial charge in [0.15, 0.2) is 0 Å². The minimum atomic E-state index is 0.672. The molecule has 0 amide bonds. The Bertz CT molecular complexity index is 494. The molecule has 2 heteroatoms. The molecule has 0 radical (unpaired) electrons. The molecule has 0 heterocycles. The molecular weight excluding hydrogens is 268 g/mol. The van der Waals surface area contributed by atoms with Gasteiger partial charge in [0.2, 0.25) is 0 Å². The summed E-state index contributed by atoms with van der Waals surface area (Å²) in [5.41, 5.74) is 4.05. The maximum absolute atomic E-state index is 3.81. The highest BCUT2D eigenvalue weighted by atomic mass is 14.9. The van der Waals surface area contributed by atoms with E-state index >= 15 is 0 Å². The monoisotopic (exact) mass is 298 g/mol. The molecule has 0 aliphatic heterocycles. The second-order valence-corrected chi connectivity index (χ2v) is 6.90. The summed E-state index contributed by atoms with van der Waals surface area (Å²) in [7, 11) is 0. The second kappa shape index (κ2) is 7.71. The number of allylic oxidation sites excluding steroid dienone is 2. The molecule has 1 aromatic carbocycles. The highest BCUT2D eigenvalue weighted by molar-refractivity contribution is 5.62. The number of rotatable bonds is 6. The van der Waals surface area contributed by atoms with Crippen LogP contribution in [0.2, 0.25) is 0 Å². The zero-order chi connectivity index (χ0) is 15.2. The van der Waals surface area contributed by atoms with Crippen LogP contribution in [0.25, 0.3) is 0 Å². The van der Waals surface area contributed by atoms with Gasteiger partial charge in [0.1, 0.15) is 0 Å². The topological polar surface area (TPSA) is 24.1 Å². The average molecular weight is 298 g/mol. The average Bonchev–Trinajstić information content (AvgIpc) is 3.20. The summed E-state index contributed by atoms with van der Waals surface area (Å²) in [6.45, 7) is 2.10. The van der Waals surface area contributed by atoms with Gasteiger partial charge in [0.25, 0.3) is 0 Å².